The first kappa shape index (κ1) is 18.4. The molecule has 1 aromatic carbocycles. The van der Waals surface area contributed by atoms with E-state index in [1.807, 2.05) is 6.07 Å². The highest BCUT2D eigenvalue weighted by molar-refractivity contribution is 5.75. The van der Waals surface area contributed by atoms with E-state index >= 15 is 0 Å². The van der Waals surface area contributed by atoms with Crippen LogP contribution >= 0.6 is 0 Å². The molecule has 24 heavy (non-hydrogen) atoms. The van der Waals surface area contributed by atoms with Crippen molar-refractivity contribution >= 4 is 6.03 Å². The molecule has 0 aromatic heterocycles. The van der Waals surface area contributed by atoms with Crippen molar-refractivity contribution in [2.75, 3.05) is 20.2 Å². The number of nitrogens with one attached hydrogen (secondary N) is 2. The summed E-state index contributed by atoms with van der Waals surface area (Å²) in [7, 11) is 1.67. The van der Waals surface area contributed by atoms with Gasteiger partial charge >= 0.3 is 6.03 Å². The number of carbonyl (C=O) groups excluding carboxylic acids is 1. The number of hydrogen-bond donors (Lipinski definition) is 2. The predicted molar refractivity (Wildman–Crippen MR) is 96.0 cm³/mol. The van der Waals surface area contributed by atoms with Crippen molar-refractivity contribution in [3.05, 3.63) is 23.8 Å². The minimum Gasteiger partial charge on any atom is -0.493 e. The quantitative estimate of drug-likeness (QED) is 0.721. The molecule has 0 radical (unpaired) electrons. The van der Waals surface area contributed by atoms with Crippen LogP contribution in [0.15, 0.2) is 18.2 Å². The molecular formula is C19H30N2O3. The fraction of sp³-hybridized carbons (Fsp3) is 0.632. The van der Waals surface area contributed by atoms with Crippen LogP contribution in [0.25, 0.3) is 0 Å². The van der Waals surface area contributed by atoms with Gasteiger partial charge in [-0.1, -0.05) is 39.2 Å². The van der Waals surface area contributed by atoms with E-state index < -0.39 is 0 Å². The van der Waals surface area contributed by atoms with Gasteiger partial charge < -0.3 is 20.1 Å². The van der Waals surface area contributed by atoms with Crippen LogP contribution in [-0.2, 0) is 0 Å². The third-order valence-corrected chi connectivity index (χ3v) is 4.46. The van der Waals surface area contributed by atoms with E-state index in [4.69, 9.17) is 9.47 Å². The van der Waals surface area contributed by atoms with Crippen LogP contribution in [0.2, 0.25) is 0 Å². The molecule has 0 aliphatic carbocycles. The van der Waals surface area contributed by atoms with Gasteiger partial charge in [-0.2, -0.15) is 0 Å². The van der Waals surface area contributed by atoms with Gasteiger partial charge in [0.2, 0.25) is 0 Å². The van der Waals surface area contributed by atoms with E-state index in [1.54, 1.807) is 7.11 Å². The molecule has 0 unspecified atom stereocenters. The zero-order chi connectivity index (χ0) is 17.4. The Hall–Kier alpha value is -1.91. The molecule has 1 aliphatic rings. The molecule has 0 bridgehead atoms. The zero-order valence-electron chi connectivity index (χ0n) is 15.1. The standard InChI is InChI=1S/C19H30N2O3/c1-4-6-8-16(7-5-2)24-18-11-14(9-10-17(18)23-3)15-12-20-19(22)21-13-15/h9-11,15-16H,4-8,12-13H2,1-3H3,(H2,20,21,22)/t16-/m0/s1. The van der Waals surface area contributed by atoms with Crippen molar-refractivity contribution in [1.29, 1.82) is 0 Å². The highest BCUT2D eigenvalue weighted by atomic mass is 16.5. The average molecular weight is 334 g/mol. The maximum Gasteiger partial charge on any atom is 0.314 e. The predicted octanol–water partition coefficient (Wildman–Crippen LogP) is 3.83. The van der Waals surface area contributed by atoms with E-state index in [2.05, 4.69) is 36.6 Å². The molecule has 2 rings (SSSR count). The van der Waals surface area contributed by atoms with Gasteiger partial charge in [0.1, 0.15) is 0 Å². The lowest BCUT2D eigenvalue weighted by Gasteiger charge is -2.26. The molecule has 134 valence electrons. The SMILES string of the molecule is CCCC[C@H](CCC)Oc1cc(C2CNC(=O)NC2)ccc1OC. The van der Waals surface area contributed by atoms with Gasteiger partial charge in [0, 0.05) is 19.0 Å². The third kappa shape index (κ3) is 5.05. The number of carbonyl (C=O) groups is 1. The van der Waals surface area contributed by atoms with Crippen molar-refractivity contribution < 1.29 is 14.3 Å². The van der Waals surface area contributed by atoms with Gasteiger partial charge in [0.15, 0.2) is 11.5 Å². The Morgan fingerprint density at radius 1 is 1.12 bits per heavy atom. The minimum atomic E-state index is -0.0983. The summed E-state index contributed by atoms with van der Waals surface area (Å²) in [6, 6.07) is 5.98. The van der Waals surface area contributed by atoms with E-state index in [-0.39, 0.29) is 18.1 Å². The highest BCUT2D eigenvalue weighted by Crippen LogP contribution is 2.33. The average Bonchev–Trinajstić information content (AvgIpc) is 2.60. The normalized spacial score (nSPS) is 16.2. The molecule has 2 amide bonds. The Labute approximate surface area is 145 Å². The molecular weight excluding hydrogens is 304 g/mol. The number of benzene rings is 1. The maximum atomic E-state index is 11.3. The van der Waals surface area contributed by atoms with Crippen LogP contribution in [0, 0.1) is 0 Å². The van der Waals surface area contributed by atoms with Crippen molar-refractivity contribution in [2.24, 2.45) is 0 Å². The van der Waals surface area contributed by atoms with E-state index in [1.165, 1.54) is 12.8 Å². The summed E-state index contributed by atoms with van der Waals surface area (Å²) in [6.07, 6.45) is 5.80. The van der Waals surface area contributed by atoms with Gasteiger partial charge in [0.05, 0.1) is 13.2 Å². The first-order valence-corrected chi connectivity index (χ1v) is 9.04. The van der Waals surface area contributed by atoms with Crippen molar-refractivity contribution in [1.82, 2.24) is 10.6 Å². The minimum absolute atomic E-state index is 0.0983. The van der Waals surface area contributed by atoms with Crippen LogP contribution < -0.4 is 20.1 Å². The van der Waals surface area contributed by atoms with Crippen LogP contribution in [-0.4, -0.2) is 32.3 Å². The Bertz CT molecular complexity index is 523. The lowest BCUT2D eigenvalue weighted by molar-refractivity contribution is 0.169. The molecule has 1 saturated heterocycles. The second kappa shape index (κ2) is 9.40. The summed E-state index contributed by atoms with van der Waals surface area (Å²) in [5, 5.41) is 5.69. The third-order valence-electron chi connectivity index (χ3n) is 4.46. The summed E-state index contributed by atoms with van der Waals surface area (Å²) >= 11 is 0. The lowest BCUT2D eigenvalue weighted by atomic mass is 9.97. The second-order valence-electron chi connectivity index (χ2n) is 6.37. The van der Waals surface area contributed by atoms with Gasteiger partial charge in [0.25, 0.3) is 0 Å². The van der Waals surface area contributed by atoms with Crippen molar-refractivity contribution in [2.45, 2.75) is 58.0 Å². The number of hydrogen-bond acceptors (Lipinski definition) is 3. The van der Waals surface area contributed by atoms with Gasteiger partial charge in [-0.05, 0) is 30.5 Å². The smallest absolute Gasteiger partial charge is 0.314 e. The monoisotopic (exact) mass is 334 g/mol. The summed E-state index contributed by atoms with van der Waals surface area (Å²) in [6.45, 7) is 5.68. The van der Waals surface area contributed by atoms with Crippen LogP contribution in [0.5, 0.6) is 11.5 Å². The van der Waals surface area contributed by atoms with Crippen molar-refractivity contribution in [3.63, 3.8) is 0 Å². The molecule has 0 saturated carbocycles. The number of urea groups is 1. The number of amides is 2. The van der Waals surface area contributed by atoms with E-state index in [0.717, 1.165) is 36.3 Å². The van der Waals surface area contributed by atoms with Gasteiger partial charge in [-0.3, -0.25) is 0 Å². The maximum absolute atomic E-state index is 11.3. The van der Waals surface area contributed by atoms with Crippen LogP contribution in [0.1, 0.15) is 57.4 Å². The first-order valence-electron chi connectivity index (χ1n) is 9.04. The summed E-state index contributed by atoms with van der Waals surface area (Å²) in [5.74, 6) is 1.82. The molecule has 5 nitrogen and oxygen atoms in total. The fourth-order valence-corrected chi connectivity index (χ4v) is 3.04. The molecule has 1 aliphatic heterocycles. The summed E-state index contributed by atoms with van der Waals surface area (Å²) in [4.78, 5) is 11.3. The number of ether oxygens (including phenoxy) is 2. The van der Waals surface area contributed by atoms with Gasteiger partial charge in [-0.25, -0.2) is 4.79 Å². The Morgan fingerprint density at radius 2 is 1.88 bits per heavy atom. The Morgan fingerprint density at radius 3 is 2.50 bits per heavy atom. The van der Waals surface area contributed by atoms with Crippen LogP contribution in [0.3, 0.4) is 0 Å². The molecule has 5 heteroatoms. The summed E-state index contributed by atoms with van der Waals surface area (Å²) in [5.41, 5.74) is 1.16. The molecule has 1 aromatic rings. The molecule has 2 N–H and O–H groups in total. The number of methoxy groups -OCH3 is 1. The highest BCUT2D eigenvalue weighted by Gasteiger charge is 2.21. The molecule has 0 spiro atoms. The van der Waals surface area contributed by atoms with Crippen molar-refractivity contribution in [3.8, 4) is 11.5 Å². The molecule has 1 fully saturated rings. The number of rotatable bonds is 9. The second-order valence-corrected chi connectivity index (χ2v) is 6.37. The largest absolute Gasteiger partial charge is 0.493 e. The number of unbranched alkanes of at least 4 members (excludes halogenated alkanes) is 1. The Kier molecular flexibility index (Phi) is 7.22. The Balaban J connectivity index is 2.13. The van der Waals surface area contributed by atoms with E-state index in [9.17, 15) is 4.79 Å². The van der Waals surface area contributed by atoms with Gasteiger partial charge in [-0.15, -0.1) is 0 Å². The fourth-order valence-electron chi connectivity index (χ4n) is 3.04. The lowest BCUT2D eigenvalue weighted by Crippen LogP contribution is -2.47. The summed E-state index contributed by atoms with van der Waals surface area (Å²) < 4.78 is 11.8. The zero-order valence-corrected chi connectivity index (χ0v) is 15.1. The van der Waals surface area contributed by atoms with Crippen LogP contribution in [0.4, 0.5) is 4.79 Å². The topological polar surface area (TPSA) is 59.6 Å². The van der Waals surface area contributed by atoms with E-state index in [0.29, 0.717) is 13.1 Å². The first-order chi connectivity index (χ1) is 11.7. The molecule has 1 heterocycles. The molecule has 1 atom stereocenters.